The van der Waals surface area contributed by atoms with E-state index >= 15 is 0 Å². The van der Waals surface area contributed by atoms with Crippen molar-refractivity contribution in [3.05, 3.63) is 28.8 Å². The Morgan fingerprint density at radius 2 is 2.12 bits per heavy atom. The van der Waals surface area contributed by atoms with Crippen LogP contribution >= 0.6 is 11.6 Å². The lowest BCUT2D eigenvalue weighted by Gasteiger charge is -2.24. The number of carboxylic acid groups (broad SMARTS) is 1. The van der Waals surface area contributed by atoms with Gasteiger partial charge in [-0.25, -0.2) is 4.79 Å². The molecule has 1 fully saturated rings. The maximum absolute atomic E-state index is 10.9. The van der Waals surface area contributed by atoms with Gasteiger partial charge in [0.05, 0.1) is 10.6 Å². The third-order valence-electron chi connectivity index (χ3n) is 2.91. The van der Waals surface area contributed by atoms with Gasteiger partial charge < -0.3 is 15.7 Å². The summed E-state index contributed by atoms with van der Waals surface area (Å²) in [5, 5.41) is 15.9. The Bertz CT molecular complexity index is 417. The number of rotatable bonds is 3. The summed E-state index contributed by atoms with van der Waals surface area (Å²) in [5.74, 6) is -0.996. The second kappa shape index (κ2) is 5.38. The Morgan fingerprint density at radius 1 is 1.41 bits per heavy atom. The van der Waals surface area contributed by atoms with Crippen LogP contribution in [0.4, 0.5) is 5.69 Å². The van der Waals surface area contributed by atoms with E-state index in [1.54, 1.807) is 12.1 Å². The largest absolute Gasteiger partial charge is 0.478 e. The summed E-state index contributed by atoms with van der Waals surface area (Å²) in [5.41, 5.74) is 0.962. The molecule has 1 saturated heterocycles. The highest BCUT2D eigenvalue weighted by Gasteiger charge is 2.14. The molecule has 0 unspecified atom stereocenters. The number of hydrogen-bond acceptors (Lipinski definition) is 3. The maximum Gasteiger partial charge on any atom is 0.337 e. The van der Waals surface area contributed by atoms with E-state index in [2.05, 4.69) is 10.6 Å². The van der Waals surface area contributed by atoms with Crippen LogP contribution in [0.1, 0.15) is 23.2 Å². The standard InChI is InChI=1S/C12H15ClN2O2/c13-11-2-1-9(7-10(11)12(16)17)15-8-3-5-14-6-4-8/h1-2,7-8,14-15H,3-6H2,(H,16,17). The number of piperidine rings is 1. The van der Waals surface area contributed by atoms with Gasteiger partial charge >= 0.3 is 5.97 Å². The zero-order valence-corrected chi connectivity index (χ0v) is 10.1. The second-order valence-electron chi connectivity index (χ2n) is 4.17. The molecule has 92 valence electrons. The molecule has 1 aliphatic heterocycles. The molecule has 3 N–H and O–H groups in total. The van der Waals surface area contributed by atoms with Gasteiger partial charge in [0.15, 0.2) is 0 Å². The predicted octanol–water partition coefficient (Wildman–Crippen LogP) is 2.20. The van der Waals surface area contributed by atoms with Gasteiger partial charge in [-0.05, 0) is 44.1 Å². The second-order valence-corrected chi connectivity index (χ2v) is 4.58. The zero-order chi connectivity index (χ0) is 12.3. The van der Waals surface area contributed by atoms with E-state index in [0.29, 0.717) is 6.04 Å². The first-order chi connectivity index (χ1) is 8.16. The fourth-order valence-electron chi connectivity index (χ4n) is 1.98. The van der Waals surface area contributed by atoms with E-state index < -0.39 is 5.97 Å². The van der Waals surface area contributed by atoms with Crippen LogP contribution in [0.5, 0.6) is 0 Å². The fraction of sp³-hybridized carbons (Fsp3) is 0.417. The van der Waals surface area contributed by atoms with Gasteiger partial charge in [0.2, 0.25) is 0 Å². The topological polar surface area (TPSA) is 61.4 Å². The molecule has 1 aromatic carbocycles. The summed E-state index contributed by atoms with van der Waals surface area (Å²) in [4.78, 5) is 10.9. The van der Waals surface area contributed by atoms with Gasteiger partial charge in [-0.15, -0.1) is 0 Å². The molecule has 5 heteroatoms. The zero-order valence-electron chi connectivity index (χ0n) is 9.37. The van der Waals surface area contributed by atoms with E-state index in [1.807, 2.05) is 6.07 Å². The number of nitrogens with one attached hydrogen (secondary N) is 2. The van der Waals surface area contributed by atoms with Crippen molar-refractivity contribution in [1.82, 2.24) is 5.32 Å². The first kappa shape index (κ1) is 12.2. The van der Waals surface area contributed by atoms with Gasteiger partial charge in [-0.3, -0.25) is 0 Å². The summed E-state index contributed by atoms with van der Waals surface area (Å²) in [6.45, 7) is 1.99. The molecular weight excluding hydrogens is 240 g/mol. The number of carbonyl (C=O) groups is 1. The molecule has 17 heavy (non-hydrogen) atoms. The first-order valence-corrected chi connectivity index (χ1v) is 6.04. The average molecular weight is 255 g/mol. The van der Waals surface area contributed by atoms with Crippen molar-refractivity contribution in [2.45, 2.75) is 18.9 Å². The lowest BCUT2D eigenvalue weighted by Crippen LogP contribution is -2.35. The van der Waals surface area contributed by atoms with Gasteiger partial charge in [-0.1, -0.05) is 11.6 Å². The molecule has 0 saturated carbocycles. The normalized spacial score (nSPS) is 16.8. The van der Waals surface area contributed by atoms with E-state index in [0.717, 1.165) is 31.6 Å². The van der Waals surface area contributed by atoms with Crippen molar-refractivity contribution in [2.24, 2.45) is 0 Å². The van der Waals surface area contributed by atoms with Crippen LogP contribution < -0.4 is 10.6 Å². The van der Waals surface area contributed by atoms with Crippen LogP contribution in [0.15, 0.2) is 18.2 Å². The third kappa shape index (κ3) is 3.11. The monoisotopic (exact) mass is 254 g/mol. The minimum Gasteiger partial charge on any atom is -0.478 e. The molecule has 2 rings (SSSR count). The molecule has 0 spiro atoms. The SMILES string of the molecule is O=C(O)c1cc(NC2CCNCC2)ccc1Cl. The number of halogens is 1. The van der Waals surface area contributed by atoms with E-state index in [9.17, 15) is 4.79 Å². The quantitative estimate of drug-likeness (QED) is 0.774. The van der Waals surface area contributed by atoms with Crippen LogP contribution in [-0.4, -0.2) is 30.2 Å². The Balaban J connectivity index is 2.10. The average Bonchev–Trinajstić information content (AvgIpc) is 2.32. The van der Waals surface area contributed by atoms with Crippen molar-refractivity contribution < 1.29 is 9.90 Å². The lowest BCUT2D eigenvalue weighted by atomic mass is 10.1. The Morgan fingerprint density at radius 3 is 2.76 bits per heavy atom. The predicted molar refractivity (Wildman–Crippen MR) is 67.9 cm³/mol. The van der Waals surface area contributed by atoms with Crippen molar-refractivity contribution >= 4 is 23.3 Å². The first-order valence-electron chi connectivity index (χ1n) is 5.67. The molecule has 0 atom stereocenters. The molecule has 0 aromatic heterocycles. The molecular formula is C12H15ClN2O2. The fourth-order valence-corrected chi connectivity index (χ4v) is 2.18. The molecule has 0 bridgehead atoms. The van der Waals surface area contributed by atoms with Gasteiger partial charge in [-0.2, -0.15) is 0 Å². The van der Waals surface area contributed by atoms with Crippen molar-refractivity contribution in [2.75, 3.05) is 18.4 Å². The lowest BCUT2D eigenvalue weighted by molar-refractivity contribution is 0.0697. The highest BCUT2D eigenvalue weighted by molar-refractivity contribution is 6.33. The number of anilines is 1. The van der Waals surface area contributed by atoms with Crippen molar-refractivity contribution in [3.63, 3.8) is 0 Å². The highest BCUT2D eigenvalue weighted by atomic mass is 35.5. The number of hydrogen-bond donors (Lipinski definition) is 3. The number of benzene rings is 1. The minimum atomic E-state index is -0.996. The molecule has 1 heterocycles. The summed E-state index contributed by atoms with van der Waals surface area (Å²) in [6.07, 6.45) is 2.09. The number of aromatic carboxylic acids is 1. The number of carboxylic acids is 1. The molecule has 4 nitrogen and oxygen atoms in total. The van der Waals surface area contributed by atoms with Crippen LogP contribution in [0.2, 0.25) is 5.02 Å². The molecule has 1 aromatic rings. The molecule has 1 aliphatic rings. The smallest absolute Gasteiger partial charge is 0.337 e. The minimum absolute atomic E-state index is 0.144. The Hall–Kier alpha value is -1.26. The Kier molecular flexibility index (Phi) is 3.86. The van der Waals surface area contributed by atoms with Crippen LogP contribution in [-0.2, 0) is 0 Å². The van der Waals surface area contributed by atoms with E-state index in [-0.39, 0.29) is 10.6 Å². The van der Waals surface area contributed by atoms with Gasteiger partial charge in [0, 0.05) is 11.7 Å². The van der Waals surface area contributed by atoms with Crippen molar-refractivity contribution in [3.8, 4) is 0 Å². The highest BCUT2D eigenvalue weighted by Crippen LogP contribution is 2.22. The van der Waals surface area contributed by atoms with Crippen LogP contribution in [0.25, 0.3) is 0 Å². The van der Waals surface area contributed by atoms with E-state index in [1.165, 1.54) is 0 Å². The summed E-state index contributed by atoms with van der Waals surface area (Å²) in [6, 6.07) is 5.43. The Labute approximate surface area is 105 Å². The van der Waals surface area contributed by atoms with Crippen LogP contribution in [0.3, 0.4) is 0 Å². The van der Waals surface area contributed by atoms with Gasteiger partial charge in [0.25, 0.3) is 0 Å². The summed E-state index contributed by atoms with van der Waals surface area (Å²) in [7, 11) is 0. The molecule has 0 amide bonds. The van der Waals surface area contributed by atoms with Gasteiger partial charge in [0.1, 0.15) is 0 Å². The molecule has 0 aliphatic carbocycles. The van der Waals surface area contributed by atoms with Crippen molar-refractivity contribution in [1.29, 1.82) is 0 Å². The summed E-state index contributed by atoms with van der Waals surface area (Å²) < 4.78 is 0. The van der Waals surface area contributed by atoms with E-state index in [4.69, 9.17) is 16.7 Å². The maximum atomic E-state index is 10.9. The summed E-state index contributed by atoms with van der Waals surface area (Å²) >= 11 is 5.82. The third-order valence-corrected chi connectivity index (χ3v) is 3.24. The van der Waals surface area contributed by atoms with Crippen LogP contribution in [0, 0.1) is 0 Å². The molecule has 0 radical (unpaired) electrons.